The van der Waals surface area contributed by atoms with Crippen LogP contribution >= 0.6 is 0 Å². The topological polar surface area (TPSA) is 20.2 Å². The third-order valence-corrected chi connectivity index (χ3v) is 2.51. The van der Waals surface area contributed by atoms with Gasteiger partial charge < -0.3 is 5.11 Å². The predicted octanol–water partition coefficient (Wildman–Crippen LogP) is 3.65. The molecule has 0 aliphatic carbocycles. The van der Waals surface area contributed by atoms with Crippen molar-refractivity contribution in [2.75, 3.05) is 0 Å². The lowest BCUT2D eigenvalue weighted by atomic mass is 10.1. The lowest BCUT2D eigenvalue weighted by molar-refractivity contribution is -0.0700. The third kappa shape index (κ3) is 3.74. The lowest BCUT2D eigenvalue weighted by Gasteiger charge is -2.17. The molecule has 1 nitrogen and oxygen atoms in total. The molecule has 1 aromatic carbocycles. The van der Waals surface area contributed by atoms with Crippen molar-refractivity contribution in [1.29, 1.82) is 0 Å². The van der Waals surface area contributed by atoms with Crippen LogP contribution in [-0.4, -0.2) is 17.1 Å². The number of benzene rings is 1. The monoisotopic (exact) mass is 256 g/mol. The quantitative estimate of drug-likeness (QED) is 0.770. The number of aliphatic hydroxyl groups excluding tert-OH is 1. The number of hydrogen-bond donors (Lipinski definition) is 1. The first-order valence-corrected chi connectivity index (χ1v) is 5.57. The van der Waals surface area contributed by atoms with Gasteiger partial charge in [0, 0.05) is 0 Å². The summed E-state index contributed by atoms with van der Waals surface area (Å²) in [5, 5.41) is 8.92. The van der Waals surface area contributed by atoms with Crippen LogP contribution in [0.25, 0.3) is 0 Å². The maximum atomic E-state index is 13.2. The summed E-state index contributed by atoms with van der Waals surface area (Å²) in [6.45, 7) is 3.01. The highest BCUT2D eigenvalue weighted by Crippen LogP contribution is 2.30. The first kappa shape index (κ1) is 14.5. The van der Waals surface area contributed by atoms with Gasteiger partial charge in [0.15, 0.2) is 5.83 Å². The van der Waals surface area contributed by atoms with E-state index in [1.165, 1.54) is 0 Å². The Bertz CT molecular complexity index is 412. The number of halogens is 3. The van der Waals surface area contributed by atoms with E-state index in [0.29, 0.717) is 12.5 Å². The highest BCUT2D eigenvalue weighted by atomic mass is 19.3. The van der Waals surface area contributed by atoms with Crippen molar-refractivity contribution in [2.24, 2.45) is 0 Å². The van der Waals surface area contributed by atoms with Gasteiger partial charge in [0.1, 0.15) is 6.10 Å². The Morgan fingerprint density at radius 3 is 2.50 bits per heavy atom. The molecule has 0 saturated carbocycles. The van der Waals surface area contributed by atoms with Gasteiger partial charge in [-0.15, -0.1) is 6.58 Å². The van der Waals surface area contributed by atoms with Crippen molar-refractivity contribution >= 4 is 0 Å². The summed E-state index contributed by atoms with van der Waals surface area (Å²) in [6, 6.07) is 9.16. The van der Waals surface area contributed by atoms with Crippen molar-refractivity contribution in [3.63, 3.8) is 0 Å². The van der Waals surface area contributed by atoms with Crippen LogP contribution in [0, 0.1) is 0 Å². The van der Waals surface area contributed by atoms with Gasteiger partial charge in [-0.1, -0.05) is 36.4 Å². The van der Waals surface area contributed by atoms with Crippen LogP contribution in [-0.2, 0) is 6.42 Å². The molecule has 0 spiro atoms. The van der Waals surface area contributed by atoms with Gasteiger partial charge in [-0.2, -0.15) is 8.78 Å². The van der Waals surface area contributed by atoms with Gasteiger partial charge in [0.2, 0.25) is 0 Å². The zero-order chi connectivity index (χ0) is 13.6. The fourth-order valence-electron chi connectivity index (χ4n) is 1.44. The van der Waals surface area contributed by atoms with Gasteiger partial charge in [-0.3, -0.25) is 0 Å². The molecule has 1 rings (SSSR count). The molecule has 18 heavy (non-hydrogen) atoms. The summed E-state index contributed by atoms with van der Waals surface area (Å²) in [4.78, 5) is 0. The molecular weight excluding hydrogens is 241 g/mol. The van der Waals surface area contributed by atoms with Crippen LogP contribution in [0.2, 0.25) is 0 Å². The third-order valence-electron chi connectivity index (χ3n) is 2.51. The van der Waals surface area contributed by atoms with Crippen LogP contribution < -0.4 is 0 Å². The van der Waals surface area contributed by atoms with E-state index in [0.717, 1.165) is 11.6 Å². The smallest absolute Gasteiger partial charge is 0.327 e. The molecule has 0 fully saturated rings. The van der Waals surface area contributed by atoms with Crippen molar-refractivity contribution in [3.05, 3.63) is 60.5 Å². The van der Waals surface area contributed by atoms with Crippen LogP contribution in [0.3, 0.4) is 0 Å². The molecule has 98 valence electrons. The first-order chi connectivity index (χ1) is 8.48. The molecule has 0 aliphatic heterocycles. The highest BCUT2D eigenvalue weighted by Gasteiger charge is 2.41. The van der Waals surface area contributed by atoms with Crippen molar-refractivity contribution < 1.29 is 18.3 Å². The second kappa shape index (κ2) is 6.40. The summed E-state index contributed by atoms with van der Waals surface area (Å²) in [5.74, 6) is -5.52. The van der Waals surface area contributed by atoms with Crippen LogP contribution in [0.5, 0.6) is 0 Å². The van der Waals surface area contributed by atoms with Crippen molar-refractivity contribution in [2.45, 2.75) is 24.9 Å². The molecule has 0 amide bonds. The summed E-state index contributed by atoms with van der Waals surface area (Å²) in [5.41, 5.74) is 0.939. The van der Waals surface area contributed by atoms with Crippen molar-refractivity contribution in [3.8, 4) is 0 Å². The molecule has 1 N–H and O–H groups in total. The lowest BCUT2D eigenvalue weighted by Crippen LogP contribution is -2.32. The first-order valence-electron chi connectivity index (χ1n) is 5.57. The number of aryl methyl sites for hydroxylation is 1. The standard InChI is InChI=1S/C14H15F3O/c1-2-13(18)14(16,17)12(15)10-6-9-11-7-4-3-5-8-11/h2-5,7-8,10,13,18H,1,6,9H2/b12-10-. The summed E-state index contributed by atoms with van der Waals surface area (Å²) in [6.07, 6.45) is -0.167. The number of allylic oxidation sites excluding steroid dienone is 1. The fraction of sp³-hybridized carbons (Fsp3) is 0.286. The maximum absolute atomic E-state index is 13.2. The number of hydrogen-bond acceptors (Lipinski definition) is 1. The van der Waals surface area contributed by atoms with E-state index in [4.69, 9.17) is 5.11 Å². The molecule has 1 atom stereocenters. The van der Waals surface area contributed by atoms with E-state index < -0.39 is 17.9 Å². The maximum Gasteiger partial charge on any atom is 0.327 e. The van der Waals surface area contributed by atoms with E-state index in [9.17, 15) is 13.2 Å². The molecular formula is C14H15F3O. The van der Waals surface area contributed by atoms with E-state index in [1.807, 2.05) is 30.3 Å². The van der Waals surface area contributed by atoms with Crippen molar-refractivity contribution in [1.82, 2.24) is 0 Å². The summed E-state index contributed by atoms with van der Waals surface area (Å²) in [7, 11) is 0. The SMILES string of the molecule is C=CC(O)C(F)(F)/C(F)=C/CCc1ccccc1. The van der Waals surface area contributed by atoms with Gasteiger partial charge in [0.25, 0.3) is 0 Å². The van der Waals surface area contributed by atoms with Crippen LogP contribution in [0.15, 0.2) is 54.9 Å². The summed E-state index contributed by atoms with van der Waals surface area (Å²) >= 11 is 0. The Morgan fingerprint density at radius 2 is 1.94 bits per heavy atom. The Labute approximate surface area is 104 Å². The molecule has 0 radical (unpaired) electrons. The minimum Gasteiger partial charge on any atom is -0.382 e. The Hall–Kier alpha value is -1.55. The molecule has 0 aliphatic rings. The Kier molecular flexibility index (Phi) is 5.16. The second-order valence-electron chi connectivity index (χ2n) is 3.88. The number of alkyl halides is 2. The van der Waals surface area contributed by atoms with Gasteiger partial charge >= 0.3 is 5.92 Å². The molecule has 0 heterocycles. The minimum absolute atomic E-state index is 0.148. The molecule has 0 bridgehead atoms. The normalized spacial score (nSPS) is 14.3. The largest absolute Gasteiger partial charge is 0.382 e. The van der Waals surface area contributed by atoms with Gasteiger partial charge in [-0.25, -0.2) is 4.39 Å². The van der Waals surface area contributed by atoms with E-state index in [2.05, 4.69) is 6.58 Å². The highest BCUT2D eigenvalue weighted by molar-refractivity contribution is 5.16. The number of aliphatic hydroxyl groups is 1. The average molecular weight is 256 g/mol. The zero-order valence-corrected chi connectivity index (χ0v) is 9.82. The second-order valence-corrected chi connectivity index (χ2v) is 3.88. The minimum atomic E-state index is -3.90. The summed E-state index contributed by atoms with van der Waals surface area (Å²) < 4.78 is 39.6. The van der Waals surface area contributed by atoms with Crippen LogP contribution in [0.1, 0.15) is 12.0 Å². The van der Waals surface area contributed by atoms with Gasteiger partial charge in [-0.05, 0) is 24.5 Å². The zero-order valence-electron chi connectivity index (χ0n) is 9.82. The Morgan fingerprint density at radius 1 is 1.33 bits per heavy atom. The molecule has 1 unspecified atom stereocenters. The van der Waals surface area contributed by atoms with Crippen LogP contribution in [0.4, 0.5) is 13.2 Å². The molecule has 1 aromatic rings. The van der Waals surface area contributed by atoms with E-state index in [-0.39, 0.29) is 6.42 Å². The fourth-order valence-corrected chi connectivity index (χ4v) is 1.44. The average Bonchev–Trinajstić information content (AvgIpc) is 2.38. The van der Waals surface area contributed by atoms with E-state index in [1.54, 1.807) is 0 Å². The van der Waals surface area contributed by atoms with E-state index >= 15 is 0 Å². The number of rotatable bonds is 6. The molecule has 0 saturated heterocycles. The predicted molar refractivity (Wildman–Crippen MR) is 65.1 cm³/mol. The molecule has 0 aromatic heterocycles. The Balaban J connectivity index is 2.59. The molecule has 4 heteroatoms. The van der Waals surface area contributed by atoms with Gasteiger partial charge in [0.05, 0.1) is 0 Å².